The fourth-order valence-electron chi connectivity index (χ4n) is 1.70. The highest BCUT2D eigenvalue weighted by atomic mass is 32.2. The zero-order valence-corrected chi connectivity index (χ0v) is 11.4. The van der Waals surface area contributed by atoms with Crippen LogP contribution in [0, 0.1) is 0 Å². The van der Waals surface area contributed by atoms with Crippen LogP contribution in [-0.2, 0) is 16.6 Å². The Morgan fingerprint density at radius 3 is 2.06 bits per heavy atom. The average molecular weight is 256 g/mol. The van der Waals surface area contributed by atoms with Gasteiger partial charge in [-0.25, -0.2) is 8.42 Å². The molecule has 0 spiro atoms. The van der Waals surface area contributed by atoms with Crippen LogP contribution in [0.15, 0.2) is 29.2 Å². The molecule has 1 aromatic carbocycles. The summed E-state index contributed by atoms with van der Waals surface area (Å²) in [6.07, 6.45) is 0. The van der Waals surface area contributed by atoms with Crippen LogP contribution in [0.5, 0.6) is 0 Å². The van der Waals surface area contributed by atoms with Crippen molar-refractivity contribution in [3.8, 4) is 0 Å². The van der Waals surface area contributed by atoms with Gasteiger partial charge in [0.15, 0.2) is 0 Å². The van der Waals surface area contributed by atoms with Crippen LogP contribution in [0.25, 0.3) is 0 Å². The maximum absolute atomic E-state index is 12.2. The molecule has 0 aliphatic carbocycles. The summed E-state index contributed by atoms with van der Waals surface area (Å²) in [6.45, 7) is 5.42. The zero-order chi connectivity index (χ0) is 12.9. The molecule has 0 unspecified atom stereocenters. The van der Waals surface area contributed by atoms with Crippen LogP contribution in [0.3, 0.4) is 0 Å². The standard InChI is InChI=1S/C12H20N2O2S/c1-4-14(5-2)17(15,16)12-8-6-11(7-9-12)10-13-3/h6-9,13H,4-5,10H2,1-3H3. The Labute approximate surface area is 104 Å². The molecule has 0 saturated heterocycles. The monoisotopic (exact) mass is 256 g/mol. The molecule has 17 heavy (non-hydrogen) atoms. The number of nitrogens with one attached hydrogen (secondary N) is 1. The van der Waals surface area contributed by atoms with E-state index >= 15 is 0 Å². The Hall–Kier alpha value is -0.910. The summed E-state index contributed by atoms with van der Waals surface area (Å²) in [4.78, 5) is 0.362. The summed E-state index contributed by atoms with van der Waals surface area (Å²) in [5.41, 5.74) is 1.07. The molecule has 0 radical (unpaired) electrons. The van der Waals surface area contributed by atoms with Crippen molar-refractivity contribution in [2.75, 3.05) is 20.1 Å². The van der Waals surface area contributed by atoms with Gasteiger partial charge in [0.2, 0.25) is 10.0 Å². The highest BCUT2D eigenvalue weighted by Gasteiger charge is 2.20. The topological polar surface area (TPSA) is 49.4 Å². The number of nitrogens with zero attached hydrogens (tertiary/aromatic N) is 1. The quantitative estimate of drug-likeness (QED) is 0.838. The Morgan fingerprint density at radius 1 is 1.12 bits per heavy atom. The summed E-state index contributed by atoms with van der Waals surface area (Å²) in [5.74, 6) is 0. The summed E-state index contributed by atoms with van der Waals surface area (Å²) >= 11 is 0. The third kappa shape index (κ3) is 3.28. The first-order valence-corrected chi connectivity index (χ1v) is 7.24. The van der Waals surface area contributed by atoms with Gasteiger partial charge in [0.25, 0.3) is 0 Å². The predicted octanol–water partition coefficient (Wildman–Crippen LogP) is 1.44. The van der Waals surface area contributed by atoms with E-state index in [0.717, 1.165) is 12.1 Å². The van der Waals surface area contributed by atoms with Gasteiger partial charge in [-0.2, -0.15) is 4.31 Å². The van der Waals surface area contributed by atoms with Gasteiger partial charge in [-0.15, -0.1) is 0 Å². The molecule has 1 N–H and O–H groups in total. The van der Waals surface area contributed by atoms with Crippen molar-refractivity contribution in [2.45, 2.75) is 25.3 Å². The lowest BCUT2D eigenvalue weighted by molar-refractivity contribution is 0.445. The number of rotatable bonds is 6. The van der Waals surface area contributed by atoms with Crippen molar-refractivity contribution in [3.05, 3.63) is 29.8 Å². The minimum absolute atomic E-state index is 0.362. The van der Waals surface area contributed by atoms with E-state index in [-0.39, 0.29) is 0 Å². The van der Waals surface area contributed by atoms with E-state index in [1.807, 2.05) is 33.0 Å². The minimum atomic E-state index is -3.32. The third-order valence-corrected chi connectivity index (χ3v) is 4.71. The second-order valence-electron chi connectivity index (χ2n) is 3.76. The number of hydrogen-bond donors (Lipinski definition) is 1. The van der Waals surface area contributed by atoms with Crippen LogP contribution in [0.2, 0.25) is 0 Å². The SMILES string of the molecule is CCN(CC)S(=O)(=O)c1ccc(CNC)cc1. The van der Waals surface area contributed by atoms with Gasteiger partial charge in [0.05, 0.1) is 4.90 Å². The van der Waals surface area contributed by atoms with E-state index < -0.39 is 10.0 Å². The predicted molar refractivity (Wildman–Crippen MR) is 69.3 cm³/mol. The van der Waals surface area contributed by atoms with Crippen molar-refractivity contribution < 1.29 is 8.42 Å². The molecular weight excluding hydrogens is 236 g/mol. The van der Waals surface area contributed by atoms with Gasteiger partial charge in [0.1, 0.15) is 0 Å². The molecule has 4 nitrogen and oxygen atoms in total. The Bertz CT molecular complexity index is 436. The van der Waals surface area contributed by atoms with Crippen molar-refractivity contribution in [2.24, 2.45) is 0 Å². The van der Waals surface area contributed by atoms with Crippen LogP contribution in [0.4, 0.5) is 0 Å². The molecule has 1 aromatic rings. The summed E-state index contributed by atoms with van der Waals surface area (Å²) in [7, 11) is -1.46. The summed E-state index contributed by atoms with van der Waals surface area (Å²) < 4.78 is 25.8. The summed E-state index contributed by atoms with van der Waals surface area (Å²) in [6, 6.07) is 7.01. The second kappa shape index (κ2) is 6.14. The first-order chi connectivity index (χ1) is 8.06. The van der Waals surface area contributed by atoms with Crippen LogP contribution >= 0.6 is 0 Å². The van der Waals surface area contributed by atoms with Gasteiger partial charge in [-0.1, -0.05) is 26.0 Å². The number of sulfonamides is 1. The fourth-order valence-corrected chi connectivity index (χ4v) is 3.15. The minimum Gasteiger partial charge on any atom is -0.316 e. The molecule has 0 aliphatic rings. The van der Waals surface area contributed by atoms with E-state index in [1.165, 1.54) is 4.31 Å². The smallest absolute Gasteiger partial charge is 0.243 e. The largest absolute Gasteiger partial charge is 0.316 e. The molecule has 5 heteroatoms. The molecule has 0 aliphatic heterocycles. The first-order valence-electron chi connectivity index (χ1n) is 5.80. The maximum atomic E-state index is 12.2. The third-order valence-electron chi connectivity index (χ3n) is 2.65. The molecule has 0 heterocycles. The molecule has 0 saturated carbocycles. The zero-order valence-electron chi connectivity index (χ0n) is 10.6. The molecule has 0 aromatic heterocycles. The molecule has 0 fully saturated rings. The Kier molecular flexibility index (Phi) is 5.11. The second-order valence-corrected chi connectivity index (χ2v) is 5.70. The Balaban J connectivity index is 2.99. The van der Waals surface area contributed by atoms with Gasteiger partial charge in [-0.3, -0.25) is 0 Å². The van der Waals surface area contributed by atoms with Crippen LogP contribution in [-0.4, -0.2) is 32.9 Å². The van der Waals surface area contributed by atoms with E-state index in [9.17, 15) is 8.42 Å². The molecular formula is C12H20N2O2S. The lowest BCUT2D eigenvalue weighted by Gasteiger charge is -2.18. The summed E-state index contributed by atoms with van der Waals surface area (Å²) in [5, 5.41) is 3.03. The average Bonchev–Trinajstić information content (AvgIpc) is 2.31. The van der Waals surface area contributed by atoms with Crippen molar-refractivity contribution in [3.63, 3.8) is 0 Å². The van der Waals surface area contributed by atoms with E-state index in [4.69, 9.17) is 0 Å². The van der Waals surface area contributed by atoms with E-state index in [2.05, 4.69) is 5.32 Å². The normalized spacial score (nSPS) is 12.0. The van der Waals surface area contributed by atoms with Crippen LogP contribution < -0.4 is 5.32 Å². The first kappa shape index (κ1) is 14.2. The number of benzene rings is 1. The number of hydrogen-bond acceptors (Lipinski definition) is 3. The van der Waals surface area contributed by atoms with Gasteiger partial charge >= 0.3 is 0 Å². The van der Waals surface area contributed by atoms with Crippen molar-refractivity contribution >= 4 is 10.0 Å². The fraction of sp³-hybridized carbons (Fsp3) is 0.500. The molecule has 0 bridgehead atoms. The molecule has 0 amide bonds. The lowest BCUT2D eigenvalue weighted by atomic mass is 10.2. The highest BCUT2D eigenvalue weighted by molar-refractivity contribution is 7.89. The molecule has 0 atom stereocenters. The lowest BCUT2D eigenvalue weighted by Crippen LogP contribution is -2.30. The van der Waals surface area contributed by atoms with Crippen LogP contribution in [0.1, 0.15) is 19.4 Å². The van der Waals surface area contributed by atoms with Crippen molar-refractivity contribution in [1.29, 1.82) is 0 Å². The van der Waals surface area contributed by atoms with Gasteiger partial charge < -0.3 is 5.32 Å². The van der Waals surface area contributed by atoms with E-state index in [0.29, 0.717) is 18.0 Å². The van der Waals surface area contributed by atoms with Gasteiger partial charge in [0, 0.05) is 19.6 Å². The highest BCUT2D eigenvalue weighted by Crippen LogP contribution is 2.15. The maximum Gasteiger partial charge on any atom is 0.243 e. The van der Waals surface area contributed by atoms with E-state index in [1.54, 1.807) is 12.1 Å². The molecule has 96 valence electrons. The molecule has 1 rings (SSSR count). The Morgan fingerprint density at radius 2 is 1.65 bits per heavy atom. The van der Waals surface area contributed by atoms with Gasteiger partial charge in [-0.05, 0) is 24.7 Å². The van der Waals surface area contributed by atoms with Crippen molar-refractivity contribution in [1.82, 2.24) is 9.62 Å².